The summed E-state index contributed by atoms with van der Waals surface area (Å²) >= 11 is 12.6. The van der Waals surface area contributed by atoms with Crippen LogP contribution in [0.15, 0.2) is 77.7 Å². The Morgan fingerprint density at radius 1 is 1.00 bits per heavy atom. The minimum absolute atomic E-state index is 0.388. The molecule has 0 amide bonds. The molecule has 0 atom stereocenters. The lowest BCUT2D eigenvalue weighted by Gasteiger charge is -2.11. The van der Waals surface area contributed by atoms with Gasteiger partial charge in [0.1, 0.15) is 5.75 Å². The third-order valence-electron chi connectivity index (χ3n) is 4.06. The minimum Gasteiger partial charge on any atom is -0.482 e. The summed E-state index contributed by atoms with van der Waals surface area (Å²) in [6.07, 6.45) is 2.21. The lowest BCUT2D eigenvalue weighted by Crippen LogP contribution is -2.09. The Hall–Kier alpha value is -1.23. The molecule has 3 nitrogen and oxygen atoms in total. The predicted molar refractivity (Wildman–Crippen MR) is 141 cm³/mol. The molecule has 154 valence electrons. The van der Waals surface area contributed by atoms with Crippen molar-refractivity contribution in [2.45, 2.75) is 4.90 Å². The smallest absolute Gasteiger partial charge is 0.341 e. The van der Waals surface area contributed by atoms with Crippen molar-refractivity contribution in [3.63, 3.8) is 0 Å². The Bertz CT molecular complexity index is 1040. The Morgan fingerprint density at radius 3 is 2.17 bits per heavy atom. The van der Waals surface area contributed by atoms with Gasteiger partial charge in [0.05, 0.1) is 5.02 Å². The average Bonchev–Trinajstić information content (AvgIpc) is 2.71. The van der Waals surface area contributed by atoms with E-state index in [4.69, 9.17) is 21.4 Å². The van der Waals surface area contributed by atoms with Gasteiger partial charge in [0, 0.05) is 17.8 Å². The van der Waals surface area contributed by atoms with Crippen LogP contribution < -0.4 is 4.74 Å². The fourth-order valence-electron chi connectivity index (χ4n) is 2.76. The number of ether oxygens (including phenoxy) is 1. The number of carbonyl (C=O) groups is 1. The molecule has 7 heteroatoms. The van der Waals surface area contributed by atoms with E-state index in [0.29, 0.717) is 10.8 Å². The topological polar surface area (TPSA) is 46.5 Å². The van der Waals surface area contributed by atoms with E-state index in [-0.39, 0.29) is 6.61 Å². The first-order valence-corrected chi connectivity index (χ1v) is 12.4. The number of hydrogen-bond donors (Lipinski definition) is 1. The Morgan fingerprint density at radius 2 is 1.63 bits per heavy atom. The van der Waals surface area contributed by atoms with Crippen LogP contribution in [0.5, 0.6) is 5.75 Å². The monoisotopic (exact) mass is 662 g/mol. The number of halogens is 3. The molecule has 3 aromatic rings. The molecule has 0 aromatic heterocycles. The summed E-state index contributed by atoms with van der Waals surface area (Å²) in [5, 5.41) is 9.26. The summed E-state index contributed by atoms with van der Waals surface area (Å²) in [4.78, 5) is 11.6. The van der Waals surface area contributed by atoms with E-state index < -0.39 is 5.97 Å². The molecule has 0 aliphatic heterocycles. The second-order valence-electron chi connectivity index (χ2n) is 6.22. The quantitative estimate of drug-likeness (QED) is 0.204. The molecule has 0 spiro atoms. The van der Waals surface area contributed by atoms with Gasteiger partial charge in [-0.25, -0.2) is 4.79 Å². The van der Waals surface area contributed by atoms with Crippen molar-refractivity contribution in [2.24, 2.45) is 0 Å². The Kier molecular flexibility index (Phi) is 8.91. The first-order valence-electron chi connectivity index (χ1n) is 8.91. The van der Waals surface area contributed by atoms with Crippen LogP contribution in [0.25, 0.3) is 5.57 Å². The zero-order chi connectivity index (χ0) is 21.5. The molecule has 3 rings (SSSR count). The summed E-state index contributed by atoms with van der Waals surface area (Å²) in [5.74, 6) is 0.163. The number of carboxylic acid groups (broad SMARTS) is 1. The molecule has 1 N–H and O–H groups in total. The van der Waals surface area contributed by atoms with Crippen LogP contribution in [0.1, 0.15) is 11.1 Å². The second-order valence-corrected chi connectivity index (χ2v) is 10.2. The maximum Gasteiger partial charge on any atom is 0.341 e. The van der Waals surface area contributed by atoms with E-state index in [1.165, 1.54) is 23.8 Å². The zero-order valence-corrected chi connectivity index (χ0v) is 21.5. The van der Waals surface area contributed by atoms with Crippen LogP contribution in [0, 0.1) is 7.14 Å². The van der Waals surface area contributed by atoms with Crippen molar-refractivity contribution >= 4 is 80.1 Å². The number of thioether (sulfide) groups is 1. The van der Waals surface area contributed by atoms with Gasteiger partial charge in [-0.15, -0.1) is 11.8 Å². The van der Waals surface area contributed by atoms with E-state index >= 15 is 0 Å². The van der Waals surface area contributed by atoms with Crippen molar-refractivity contribution in [1.29, 1.82) is 0 Å². The maximum atomic E-state index is 10.6. The fraction of sp³-hybridized carbons (Fsp3) is 0.0870. The van der Waals surface area contributed by atoms with E-state index in [0.717, 1.165) is 10.6 Å². The molecular weight excluding hydrogens is 646 g/mol. The lowest BCUT2D eigenvalue weighted by atomic mass is 9.98. The van der Waals surface area contributed by atoms with Gasteiger partial charge < -0.3 is 9.84 Å². The molecule has 0 saturated heterocycles. The molecule has 0 unspecified atom stereocenters. The second kappa shape index (κ2) is 11.4. The zero-order valence-electron chi connectivity index (χ0n) is 15.6. The number of hydrogen-bond acceptors (Lipinski definition) is 3. The number of benzene rings is 3. The number of carboxylic acids is 1. The predicted octanol–water partition coefficient (Wildman–Crippen LogP) is 7.24. The van der Waals surface area contributed by atoms with E-state index in [1.54, 1.807) is 23.9 Å². The average molecular weight is 663 g/mol. The van der Waals surface area contributed by atoms with Gasteiger partial charge in [-0.05, 0) is 104 Å². The molecule has 0 saturated carbocycles. The summed E-state index contributed by atoms with van der Waals surface area (Å²) in [6.45, 7) is -0.388. The normalized spacial score (nSPS) is 10.5. The lowest BCUT2D eigenvalue weighted by molar-refractivity contribution is -0.139. The highest BCUT2D eigenvalue weighted by atomic mass is 127. The van der Waals surface area contributed by atoms with Gasteiger partial charge in [-0.2, -0.15) is 0 Å². The molecule has 0 radical (unpaired) electrons. The minimum atomic E-state index is -1.02. The first-order chi connectivity index (χ1) is 14.4. The van der Waals surface area contributed by atoms with Crippen molar-refractivity contribution in [3.05, 3.63) is 96.1 Å². The van der Waals surface area contributed by atoms with E-state index in [9.17, 15) is 4.79 Å². The van der Waals surface area contributed by atoms with Crippen LogP contribution in [0.2, 0.25) is 5.02 Å². The first kappa shape index (κ1) is 23.4. The highest BCUT2D eigenvalue weighted by molar-refractivity contribution is 14.1. The van der Waals surface area contributed by atoms with Crippen molar-refractivity contribution in [1.82, 2.24) is 0 Å². The van der Waals surface area contributed by atoms with Crippen LogP contribution in [0.4, 0.5) is 0 Å². The molecule has 0 fully saturated rings. The van der Waals surface area contributed by atoms with Crippen LogP contribution in [0.3, 0.4) is 0 Å². The van der Waals surface area contributed by atoms with Gasteiger partial charge in [0.15, 0.2) is 6.61 Å². The Labute approximate surface area is 212 Å². The molecule has 0 aliphatic carbocycles. The van der Waals surface area contributed by atoms with Crippen LogP contribution in [-0.2, 0) is 4.79 Å². The maximum absolute atomic E-state index is 10.6. The van der Waals surface area contributed by atoms with E-state index in [2.05, 4.69) is 99.8 Å². The third kappa shape index (κ3) is 6.90. The molecule has 0 aliphatic rings. The largest absolute Gasteiger partial charge is 0.482 e. The van der Waals surface area contributed by atoms with Gasteiger partial charge in [0.2, 0.25) is 0 Å². The van der Waals surface area contributed by atoms with Gasteiger partial charge >= 0.3 is 5.97 Å². The Balaban J connectivity index is 1.80. The van der Waals surface area contributed by atoms with Crippen molar-refractivity contribution in [3.8, 4) is 5.75 Å². The summed E-state index contributed by atoms with van der Waals surface area (Å²) < 4.78 is 7.56. The highest BCUT2D eigenvalue weighted by Crippen LogP contribution is 2.32. The van der Waals surface area contributed by atoms with Crippen molar-refractivity contribution in [2.75, 3.05) is 12.4 Å². The van der Waals surface area contributed by atoms with E-state index in [1.807, 2.05) is 6.07 Å². The molecular formula is C23H17ClI2O3S. The highest BCUT2D eigenvalue weighted by Gasteiger charge is 2.08. The van der Waals surface area contributed by atoms with Crippen LogP contribution >= 0.6 is 68.5 Å². The standard InChI is InChI=1S/C23H17ClI2O3S/c24-21-13-19(29-14-23(27)28)7-8-22(21)30-10-9-20(15-3-1-5-17(25)11-15)16-4-2-6-18(26)12-16/h1-9,11-13H,10,14H2,(H,27,28). The summed E-state index contributed by atoms with van der Waals surface area (Å²) in [5.41, 5.74) is 3.53. The van der Waals surface area contributed by atoms with Crippen molar-refractivity contribution < 1.29 is 14.6 Å². The SMILES string of the molecule is O=C(O)COc1ccc(SCC=C(c2cccc(I)c2)c2cccc(I)c2)c(Cl)c1. The molecule has 0 bridgehead atoms. The van der Waals surface area contributed by atoms with Gasteiger partial charge in [-0.3, -0.25) is 0 Å². The number of aliphatic carboxylic acids is 1. The third-order valence-corrected chi connectivity index (χ3v) is 6.83. The molecule has 30 heavy (non-hydrogen) atoms. The summed E-state index contributed by atoms with van der Waals surface area (Å²) in [6, 6.07) is 22.2. The fourth-order valence-corrected chi connectivity index (χ4v) is 4.97. The van der Waals surface area contributed by atoms with Gasteiger partial charge in [0.25, 0.3) is 0 Å². The number of rotatable bonds is 8. The molecule has 0 heterocycles. The summed E-state index contributed by atoms with van der Waals surface area (Å²) in [7, 11) is 0. The van der Waals surface area contributed by atoms with Crippen LogP contribution in [-0.4, -0.2) is 23.4 Å². The van der Waals surface area contributed by atoms with Gasteiger partial charge in [-0.1, -0.05) is 41.9 Å². The molecule has 3 aromatic carbocycles.